The number of aliphatic hydroxyl groups is 1. The van der Waals surface area contributed by atoms with Crippen molar-refractivity contribution >= 4 is 5.65 Å². The largest absolute Gasteiger partial charge is 0.392 e. The minimum Gasteiger partial charge on any atom is -0.392 e. The van der Waals surface area contributed by atoms with Crippen LogP contribution in [0.25, 0.3) is 5.65 Å². The Morgan fingerprint density at radius 2 is 2.14 bits per heavy atom. The smallest absolute Gasteiger partial charge is 0.258 e. The SMILES string of the molecule is CC(C)(C)CC(O)CNCc1cc(=O)n2ccccc2n1. The maximum absolute atomic E-state index is 11.9. The molecule has 0 bridgehead atoms. The van der Waals surface area contributed by atoms with Crippen LogP contribution >= 0.6 is 0 Å². The van der Waals surface area contributed by atoms with Gasteiger partial charge in [0.25, 0.3) is 5.56 Å². The lowest BCUT2D eigenvalue weighted by Crippen LogP contribution is -2.30. The topological polar surface area (TPSA) is 66.6 Å². The van der Waals surface area contributed by atoms with Crippen LogP contribution in [0.3, 0.4) is 0 Å². The van der Waals surface area contributed by atoms with Crippen molar-refractivity contribution in [3.63, 3.8) is 0 Å². The van der Waals surface area contributed by atoms with Crippen LogP contribution in [-0.2, 0) is 6.54 Å². The van der Waals surface area contributed by atoms with Gasteiger partial charge in [-0.2, -0.15) is 0 Å². The number of hydrogen-bond acceptors (Lipinski definition) is 4. The molecule has 0 amide bonds. The van der Waals surface area contributed by atoms with Crippen LogP contribution in [0.15, 0.2) is 35.3 Å². The van der Waals surface area contributed by atoms with Crippen LogP contribution < -0.4 is 10.9 Å². The van der Waals surface area contributed by atoms with E-state index in [4.69, 9.17) is 0 Å². The Balaban J connectivity index is 1.96. The predicted molar refractivity (Wildman–Crippen MR) is 83.2 cm³/mol. The maximum atomic E-state index is 11.9. The highest BCUT2D eigenvalue weighted by Crippen LogP contribution is 2.20. The van der Waals surface area contributed by atoms with Crippen molar-refractivity contribution in [3.05, 3.63) is 46.5 Å². The van der Waals surface area contributed by atoms with Gasteiger partial charge in [0, 0.05) is 25.4 Å². The summed E-state index contributed by atoms with van der Waals surface area (Å²) in [7, 11) is 0. The third-order valence-electron chi connectivity index (χ3n) is 3.16. The molecule has 0 radical (unpaired) electrons. The molecule has 5 nitrogen and oxygen atoms in total. The molecule has 0 fully saturated rings. The van der Waals surface area contributed by atoms with E-state index in [2.05, 4.69) is 31.1 Å². The number of hydrogen-bond donors (Lipinski definition) is 2. The third kappa shape index (κ3) is 4.65. The Morgan fingerprint density at radius 1 is 1.38 bits per heavy atom. The first kappa shape index (κ1) is 15.7. The number of nitrogens with zero attached hydrogens (tertiary/aromatic N) is 2. The first-order valence-corrected chi connectivity index (χ1v) is 7.21. The Labute approximate surface area is 124 Å². The summed E-state index contributed by atoms with van der Waals surface area (Å²) in [5.74, 6) is 0. The molecule has 0 aliphatic heterocycles. The molecular formula is C16H23N3O2. The average molecular weight is 289 g/mol. The van der Waals surface area contributed by atoms with Gasteiger partial charge in [-0.15, -0.1) is 0 Å². The van der Waals surface area contributed by atoms with Gasteiger partial charge < -0.3 is 10.4 Å². The number of pyridine rings is 1. The number of rotatable bonds is 5. The molecule has 2 heterocycles. The fraction of sp³-hybridized carbons (Fsp3) is 0.500. The molecular weight excluding hydrogens is 266 g/mol. The van der Waals surface area contributed by atoms with E-state index in [1.165, 1.54) is 10.5 Å². The molecule has 2 aromatic rings. The molecule has 5 heteroatoms. The van der Waals surface area contributed by atoms with Gasteiger partial charge in [0.05, 0.1) is 11.8 Å². The van der Waals surface area contributed by atoms with Gasteiger partial charge in [0.15, 0.2) is 0 Å². The molecule has 114 valence electrons. The summed E-state index contributed by atoms with van der Waals surface area (Å²) in [6, 6.07) is 6.98. The minimum atomic E-state index is -0.397. The first-order valence-electron chi connectivity index (χ1n) is 7.21. The summed E-state index contributed by atoms with van der Waals surface area (Å²) in [6.45, 7) is 7.26. The molecule has 0 aliphatic rings. The van der Waals surface area contributed by atoms with Gasteiger partial charge in [0.1, 0.15) is 5.65 Å². The standard InChI is InChI=1S/C16H23N3O2/c1-16(2,3)9-13(20)11-17-10-12-8-15(21)19-7-5-4-6-14(19)18-12/h4-8,13,17,20H,9-11H2,1-3H3. The van der Waals surface area contributed by atoms with Gasteiger partial charge in [0.2, 0.25) is 0 Å². The van der Waals surface area contributed by atoms with Crippen LogP contribution in [0.1, 0.15) is 32.9 Å². The van der Waals surface area contributed by atoms with E-state index >= 15 is 0 Å². The Kier molecular flexibility index (Phi) is 4.75. The highest BCUT2D eigenvalue weighted by molar-refractivity contribution is 5.37. The molecule has 2 N–H and O–H groups in total. The van der Waals surface area contributed by atoms with Crippen LogP contribution in [0.2, 0.25) is 0 Å². The second-order valence-electron chi connectivity index (χ2n) is 6.56. The van der Waals surface area contributed by atoms with Gasteiger partial charge >= 0.3 is 0 Å². The van der Waals surface area contributed by atoms with Crippen molar-refractivity contribution in [3.8, 4) is 0 Å². The van der Waals surface area contributed by atoms with Crippen LogP contribution in [0.5, 0.6) is 0 Å². The van der Waals surface area contributed by atoms with E-state index in [0.29, 0.717) is 24.4 Å². The summed E-state index contributed by atoms with van der Waals surface area (Å²) in [5.41, 5.74) is 1.33. The highest BCUT2D eigenvalue weighted by Gasteiger charge is 2.16. The number of aliphatic hydroxyl groups excluding tert-OH is 1. The van der Waals surface area contributed by atoms with E-state index < -0.39 is 6.10 Å². The van der Waals surface area contributed by atoms with Crippen molar-refractivity contribution in [2.75, 3.05) is 6.54 Å². The molecule has 1 unspecified atom stereocenters. The lowest BCUT2D eigenvalue weighted by Gasteiger charge is -2.22. The van der Waals surface area contributed by atoms with E-state index in [1.807, 2.05) is 6.07 Å². The van der Waals surface area contributed by atoms with Gasteiger partial charge in [-0.3, -0.25) is 9.20 Å². The summed E-state index contributed by atoms with van der Waals surface area (Å²) >= 11 is 0. The van der Waals surface area contributed by atoms with Gasteiger partial charge in [-0.25, -0.2) is 4.98 Å². The Bertz CT molecular complexity index is 658. The van der Waals surface area contributed by atoms with Gasteiger partial charge in [-0.1, -0.05) is 26.8 Å². The fourth-order valence-corrected chi connectivity index (χ4v) is 2.34. The van der Waals surface area contributed by atoms with Crippen molar-refractivity contribution in [1.82, 2.24) is 14.7 Å². The monoisotopic (exact) mass is 289 g/mol. The second-order valence-corrected chi connectivity index (χ2v) is 6.56. The van der Waals surface area contributed by atoms with Crippen LogP contribution in [0, 0.1) is 5.41 Å². The molecule has 0 saturated carbocycles. The second kappa shape index (κ2) is 6.37. The summed E-state index contributed by atoms with van der Waals surface area (Å²) in [6.07, 6.45) is 2.04. The highest BCUT2D eigenvalue weighted by atomic mass is 16.3. The summed E-state index contributed by atoms with van der Waals surface area (Å²) < 4.78 is 1.51. The molecule has 21 heavy (non-hydrogen) atoms. The summed E-state index contributed by atoms with van der Waals surface area (Å²) in [5, 5.41) is 13.1. The van der Waals surface area contributed by atoms with E-state index in [9.17, 15) is 9.90 Å². The third-order valence-corrected chi connectivity index (χ3v) is 3.16. The minimum absolute atomic E-state index is 0.0901. The Morgan fingerprint density at radius 3 is 2.86 bits per heavy atom. The molecule has 0 saturated heterocycles. The molecule has 0 aliphatic carbocycles. The van der Waals surface area contributed by atoms with Crippen molar-refractivity contribution in [2.24, 2.45) is 5.41 Å². The zero-order valence-corrected chi connectivity index (χ0v) is 12.8. The molecule has 0 aromatic carbocycles. The van der Waals surface area contributed by atoms with E-state index in [-0.39, 0.29) is 11.0 Å². The number of nitrogens with one attached hydrogen (secondary N) is 1. The summed E-state index contributed by atoms with van der Waals surface area (Å²) in [4.78, 5) is 16.4. The van der Waals surface area contributed by atoms with Gasteiger partial charge in [-0.05, 0) is 24.0 Å². The average Bonchev–Trinajstić information content (AvgIpc) is 2.36. The lowest BCUT2D eigenvalue weighted by molar-refractivity contribution is 0.119. The van der Waals surface area contributed by atoms with Crippen LogP contribution in [0.4, 0.5) is 0 Å². The first-order chi connectivity index (χ1) is 9.85. The Hall–Kier alpha value is -1.72. The van der Waals surface area contributed by atoms with E-state index in [1.54, 1.807) is 18.3 Å². The normalized spacial score (nSPS) is 13.5. The molecule has 2 rings (SSSR count). The zero-order valence-electron chi connectivity index (χ0n) is 12.8. The molecule has 2 aromatic heterocycles. The maximum Gasteiger partial charge on any atom is 0.258 e. The fourth-order valence-electron chi connectivity index (χ4n) is 2.34. The van der Waals surface area contributed by atoms with Crippen molar-refractivity contribution < 1.29 is 5.11 Å². The predicted octanol–water partition coefficient (Wildman–Crippen LogP) is 1.58. The van der Waals surface area contributed by atoms with Crippen molar-refractivity contribution in [2.45, 2.75) is 39.8 Å². The van der Waals surface area contributed by atoms with E-state index in [0.717, 1.165) is 6.42 Å². The zero-order chi connectivity index (χ0) is 15.5. The molecule has 0 spiro atoms. The quantitative estimate of drug-likeness (QED) is 0.877. The number of fused-ring (bicyclic) bond motifs is 1. The van der Waals surface area contributed by atoms with Crippen molar-refractivity contribution in [1.29, 1.82) is 0 Å². The lowest BCUT2D eigenvalue weighted by atomic mass is 9.89. The van der Waals surface area contributed by atoms with Crippen LogP contribution in [-0.4, -0.2) is 27.1 Å². The molecule has 1 atom stereocenters. The number of aromatic nitrogens is 2.